The van der Waals surface area contributed by atoms with Crippen molar-refractivity contribution in [2.24, 2.45) is 5.73 Å². The molecule has 1 heterocycles. The molecule has 0 spiro atoms. The summed E-state index contributed by atoms with van der Waals surface area (Å²) < 4.78 is 0. The van der Waals surface area contributed by atoms with Gasteiger partial charge in [-0.2, -0.15) is 0 Å². The molecule has 3 rings (SSSR count). The van der Waals surface area contributed by atoms with Gasteiger partial charge in [0.15, 0.2) is 0 Å². The van der Waals surface area contributed by atoms with Gasteiger partial charge < -0.3 is 5.73 Å². The van der Waals surface area contributed by atoms with Crippen molar-refractivity contribution in [1.82, 2.24) is 4.98 Å². The van der Waals surface area contributed by atoms with Gasteiger partial charge in [-0.15, -0.1) is 11.3 Å². The molecule has 1 aliphatic rings. The van der Waals surface area contributed by atoms with Gasteiger partial charge in [0.05, 0.1) is 16.1 Å². The van der Waals surface area contributed by atoms with Crippen LogP contribution in [-0.4, -0.2) is 4.98 Å². The first-order valence-electron chi connectivity index (χ1n) is 5.54. The highest BCUT2D eigenvalue weighted by molar-refractivity contribution is 7.13. The maximum Gasteiger partial charge on any atom is 0.0801 e. The van der Waals surface area contributed by atoms with Crippen molar-refractivity contribution in [3.63, 3.8) is 0 Å². The summed E-state index contributed by atoms with van der Waals surface area (Å²) in [4.78, 5) is 5.58. The minimum atomic E-state index is 0.242. The molecule has 0 saturated carbocycles. The van der Waals surface area contributed by atoms with Crippen LogP contribution in [-0.2, 0) is 6.42 Å². The second-order valence-electron chi connectivity index (χ2n) is 4.33. The Bertz CT molecular complexity index is 530. The van der Waals surface area contributed by atoms with Crippen LogP contribution in [0.25, 0.3) is 10.4 Å². The molecule has 2 N–H and O–H groups in total. The van der Waals surface area contributed by atoms with Crippen molar-refractivity contribution >= 4 is 11.3 Å². The SMILES string of the molecule is Cc1ncsc1-c1ccc2c(c1)CC[C@@H]2N. The molecule has 0 bridgehead atoms. The Morgan fingerprint density at radius 1 is 1.44 bits per heavy atom. The lowest BCUT2D eigenvalue weighted by molar-refractivity contribution is 0.713. The highest BCUT2D eigenvalue weighted by atomic mass is 32.1. The van der Waals surface area contributed by atoms with Crippen molar-refractivity contribution in [3.8, 4) is 10.4 Å². The molecule has 1 atom stereocenters. The second kappa shape index (κ2) is 3.68. The van der Waals surface area contributed by atoms with Crippen molar-refractivity contribution in [2.45, 2.75) is 25.8 Å². The lowest BCUT2D eigenvalue weighted by Crippen LogP contribution is -2.04. The Kier molecular flexibility index (Phi) is 2.30. The molecule has 82 valence electrons. The Balaban J connectivity index is 2.09. The van der Waals surface area contributed by atoms with E-state index >= 15 is 0 Å². The number of hydrogen-bond acceptors (Lipinski definition) is 3. The number of thiazole rings is 1. The zero-order valence-corrected chi connectivity index (χ0v) is 10.1. The summed E-state index contributed by atoms with van der Waals surface area (Å²) in [7, 11) is 0. The molecule has 3 heteroatoms. The first-order valence-corrected chi connectivity index (χ1v) is 6.42. The van der Waals surface area contributed by atoms with Crippen LogP contribution in [0, 0.1) is 6.92 Å². The van der Waals surface area contributed by atoms with Crippen LogP contribution in [0.1, 0.15) is 29.3 Å². The number of hydrogen-bond donors (Lipinski definition) is 1. The predicted octanol–water partition coefficient (Wildman–Crippen LogP) is 3.06. The van der Waals surface area contributed by atoms with Crippen LogP contribution in [0.15, 0.2) is 23.7 Å². The van der Waals surface area contributed by atoms with Crippen molar-refractivity contribution in [1.29, 1.82) is 0 Å². The smallest absolute Gasteiger partial charge is 0.0801 e. The van der Waals surface area contributed by atoms with Crippen LogP contribution < -0.4 is 5.73 Å². The Hall–Kier alpha value is -1.19. The number of rotatable bonds is 1. The lowest BCUT2D eigenvalue weighted by atomic mass is 10.0. The van der Waals surface area contributed by atoms with Crippen LogP contribution in [0.4, 0.5) is 0 Å². The Morgan fingerprint density at radius 3 is 3.06 bits per heavy atom. The van der Waals surface area contributed by atoms with Crippen molar-refractivity contribution in [2.75, 3.05) is 0 Å². The fourth-order valence-corrected chi connectivity index (χ4v) is 3.17. The van der Waals surface area contributed by atoms with Crippen LogP contribution in [0.5, 0.6) is 0 Å². The van der Waals surface area contributed by atoms with E-state index in [4.69, 9.17) is 5.73 Å². The fraction of sp³-hybridized carbons (Fsp3) is 0.308. The number of fused-ring (bicyclic) bond motifs is 1. The molecule has 1 aliphatic carbocycles. The zero-order valence-electron chi connectivity index (χ0n) is 9.23. The third kappa shape index (κ3) is 1.47. The van der Waals surface area contributed by atoms with Gasteiger partial charge in [-0.3, -0.25) is 0 Å². The molecule has 2 aromatic rings. The first kappa shape index (κ1) is 10.00. The maximum atomic E-state index is 6.04. The van der Waals surface area contributed by atoms with E-state index in [0.29, 0.717) is 0 Å². The maximum absolute atomic E-state index is 6.04. The number of benzene rings is 1. The Morgan fingerprint density at radius 2 is 2.31 bits per heavy atom. The second-order valence-corrected chi connectivity index (χ2v) is 5.18. The highest BCUT2D eigenvalue weighted by Gasteiger charge is 2.19. The molecule has 1 aromatic heterocycles. The van der Waals surface area contributed by atoms with Gasteiger partial charge in [0.2, 0.25) is 0 Å². The van der Waals surface area contributed by atoms with Crippen LogP contribution >= 0.6 is 11.3 Å². The third-order valence-corrected chi connectivity index (χ3v) is 4.25. The predicted molar refractivity (Wildman–Crippen MR) is 67.5 cm³/mol. The average molecular weight is 230 g/mol. The van der Waals surface area contributed by atoms with Gasteiger partial charge in [0.1, 0.15) is 0 Å². The largest absolute Gasteiger partial charge is 0.324 e. The molecule has 0 fully saturated rings. The Labute approximate surface area is 99.1 Å². The number of nitrogens with zero attached hydrogens (tertiary/aromatic N) is 1. The summed E-state index contributed by atoms with van der Waals surface area (Å²) in [6, 6.07) is 6.88. The number of aryl methyl sites for hydroxylation is 2. The fourth-order valence-electron chi connectivity index (χ4n) is 2.37. The lowest BCUT2D eigenvalue weighted by Gasteiger charge is -2.06. The van der Waals surface area contributed by atoms with E-state index in [1.807, 2.05) is 5.51 Å². The third-order valence-electron chi connectivity index (χ3n) is 3.27. The van der Waals surface area contributed by atoms with Gasteiger partial charge in [-0.05, 0) is 42.5 Å². The molecule has 16 heavy (non-hydrogen) atoms. The van der Waals surface area contributed by atoms with Gasteiger partial charge in [0.25, 0.3) is 0 Å². The topological polar surface area (TPSA) is 38.9 Å². The van der Waals surface area contributed by atoms with Crippen LogP contribution in [0.3, 0.4) is 0 Å². The highest BCUT2D eigenvalue weighted by Crippen LogP contribution is 2.34. The van der Waals surface area contributed by atoms with E-state index in [1.165, 1.54) is 21.6 Å². The van der Waals surface area contributed by atoms with E-state index < -0.39 is 0 Å². The number of aromatic nitrogens is 1. The van der Waals surface area contributed by atoms with E-state index in [2.05, 4.69) is 30.1 Å². The van der Waals surface area contributed by atoms with Crippen molar-refractivity contribution < 1.29 is 0 Å². The van der Waals surface area contributed by atoms with E-state index in [-0.39, 0.29) is 6.04 Å². The summed E-state index contributed by atoms with van der Waals surface area (Å²) in [6.45, 7) is 2.06. The molecular formula is C13H14N2S. The summed E-state index contributed by atoms with van der Waals surface area (Å²) in [5.74, 6) is 0. The standard InChI is InChI=1S/C13H14N2S/c1-8-13(16-7-15-8)10-2-4-11-9(6-10)3-5-12(11)14/h2,4,6-7,12H,3,5,14H2,1H3/t12-/m0/s1. The number of nitrogens with two attached hydrogens (primary N) is 1. The minimum absolute atomic E-state index is 0.242. The monoisotopic (exact) mass is 230 g/mol. The quantitative estimate of drug-likeness (QED) is 0.817. The molecular weight excluding hydrogens is 216 g/mol. The van der Waals surface area contributed by atoms with Gasteiger partial charge >= 0.3 is 0 Å². The van der Waals surface area contributed by atoms with Gasteiger partial charge in [-0.1, -0.05) is 12.1 Å². The molecule has 0 saturated heterocycles. The molecule has 0 amide bonds. The summed E-state index contributed by atoms with van der Waals surface area (Å²) >= 11 is 1.71. The summed E-state index contributed by atoms with van der Waals surface area (Å²) in [5.41, 5.74) is 13.1. The summed E-state index contributed by atoms with van der Waals surface area (Å²) in [6.07, 6.45) is 2.20. The molecule has 0 radical (unpaired) electrons. The molecule has 0 aliphatic heterocycles. The van der Waals surface area contributed by atoms with Crippen LogP contribution in [0.2, 0.25) is 0 Å². The van der Waals surface area contributed by atoms with Gasteiger partial charge in [0, 0.05) is 6.04 Å². The normalized spacial score (nSPS) is 18.8. The molecule has 2 nitrogen and oxygen atoms in total. The first-order chi connectivity index (χ1) is 7.75. The van der Waals surface area contributed by atoms with Gasteiger partial charge in [-0.25, -0.2) is 4.98 Å². The van der Waals surface area contributed by atoms with E-state index in [9.17, 15) is 0 Å². The molecule has 0 unspecified atom stereocenters. The van der Waals surface area contributed by atoms with Crippen molar-refractivity contribution in [3.05, 3.63) is 40.5 Å². The average Bonchev–Trinajstić information content (AvgIpc) is 2.86. The van der Waals surface area contributed by atoms with E-state index in [0.717, 1.165) is 18.5 Å². The van der Waals surface area contributed by atoms with E-state index in [1.54, 1.807) is 11.3 Å². The molecule has 1 aromatic carbocycles. The summed E-state index contributed by atoms with van der Waals surface area (Å²) in [5, 5.41) is 0. The zero-order chi connectivity index (χ0) is 11.1. The minimum Gasteiger partial charge on any atom is -0.324 e.